The normalized spacial score (nSPS) is 14.1. The van der Waals surface area contributed by atoms with Gasteiger partial charge in [-0.15, -0.1) is 0 Å². The van der Waals surface area contributed by atoms with Crippen LogP contribution in [0, 0.1) is 5.92 Å². The lowest BCUT2D eigenvalue weighted by Gasteiger charge is -2.21. The summed E-state index contributed by atoms with van der Waals surface area (Å²) in [7, 11) is 0. The summed E-state index contributed by atoms with van der Waals surface area (Å²) in [5, 5.41) is 2.94. The van der Waals surface area contributed by atoms with E-state index in [4.69, 9.17) is 4.74 Å². The lowest BCUT2D eigenvalue weighted by Crippen LogP contribution is -2.43. The van der Waals surface area contributed by atoms with Crippen LogP contribution in [0.4, 0.5) is 0 Å². The van der Waals surface area contributed by atoms with E-state index in [0.29, 0.717) is 11.7 Å². The predicted molar refractivity (Wildman–Crippen MR) is 76.7 cm³/mol. The first-order valence-corrected chi connectivity index (χ1v) is 6.92. The minimum Gasteiger partial charge on any atom is -0.481 e. The number of rotatable bonds is 5. The molecule has 3 nitrogen and oxygen atoms in total. The van der Waals surface area contributed by atoms with Gasteiger partial charge in [-0.2, -0.15) is 0 Å². The van der Waals surface area contributed by atoms with E-state index in [1.54, 1.807) is 6.92 Å². The number of benzene rings is 1. The lowest BCUT2D eigenvalue weighted by atomic mass is 10.1. The number of carbonyl (C=O) groups is 1. The highest BCUT2D eigenvalue weighted by Gasteiger charge is 2.18. The highest BCUT2D eigenvalue weighted by Crippen LogP contribution is 2.17. The van der Waals surface area contributed by atoms with Crippen molar-refractivity contribution in [1.29, 1.82) is 0 Å². The maximum absolute atomic E-state index is 11.9. The van der Waals surface area contributed by atoms with Crippen LogP contribution >= 0.6 is 15.9 Å². The van der Waals surface area contributed by atoms with E-state index in [1.165, 1.54) is 0 Å². The van der Waals surface area contributed by atoms with Crippen molar-refractivity contribution in [2.24, 2.45) is 5.92 Å². The average molecular weight is 314 g/mol. The van der Waals surface area contributed by atoms with Crippen molar-refractivity contribution >= 4 is 21.8 Å². The minimum atomic E-state index is -0.493. The Bertz CT molecular complexity index is 389. The van der Waals surface area contributed by atoms with Crippen LogP contribution in [0.25, 0.3) is 0 Å². The molecule has 1 aromatic rings. The molecule has 0 aromatic heterocycles. The third-order valence-corrected chi connectivity index (χ3v) is 3.39. The molecule has 0 aliphatic heterocycles. The molecule has 0 bridgehead atoms. The molecule has 0 saturated heterocycles. The third-order valence-electron chi connectivity index (χ3n) is 2.87. The summed E-state index contributed by atoms with van der Waals surface area (Å²) < 4.78 is 6.57. The summed E-state index contributed by atoms with van der Waals surface area (Å²) in [5.41, 5.74) is 0. The monoisotopic (exact) mass is 313 g/mol. The molecule has 0 fully saturated rings. The number of amides is 1. The second kappa shape index (κ2) is 6.78. The zero-order chi connectivity index (χ0) is 13.7. The van der Waals surface area contributed by atoms with Gasteiger partial charge in [-0.05, 0) is 44.0 Å². The van der Waals surface area contributed by atoms with Gasteiger partial charge in [0.05, 0.1) is 0 Å². The smallest absolute Gasteiger partial charge is 0.260 e. The quantitative estimate of drug-likeness (QED) is 0.905. The molecule has 18 heavy (non-hydrogen) atoms. The van der Waals surface area contributed by atoms with Gasteiger partial charge in [-0.3, -0.25) is 4.79 Å². The van der Waals surface area contributed by atoms with E-state index in [9.17, 15) is 4.79 Å². The molecule has 1 amide bonds. The van der Waals surface area contributed by atoms with Gasteiger partial charge < -0.3 is 10.1 Å². The summed E-state index contributed by atoms with van der Waals surface area (Å²) in [4.78, 5) is 11.9. The first-order chi connectivity index (χ1) is 8.40. The van der Waals surface area contributed by atoms with Crippen LogP contribution in [0.15, 0.2) is 28.7 Å². The molecule has 1 aromatic carbocycles. The average Bonchev–Trinajstić information content (AvgIpc) is 2.31. The largest absolute Gasteiger partial charge is 0.481 e. The lowest BCUT2D eigenvalue weighted by molar-refractivity contribution is -0.128. The van der Waals surface area contributed by atoms with E-state index in [1.807, 2.05) is 31.2 Å². The van der Waals surface area contributed by atoms with Crippen molar-refractivity contribution in [1.82, 2.24) is 5.32 Å². The number of carbonyl (C=O) groups excluding carboxylic acids is 1. The fraction of sp³-hybridized carbons (Fsp3) is 0.500. The van der Waals surface area contributed by atoms with Gasteiger partial charge in [0.25, 0.3) is 5.91 Å². The first kappa shape index (κ1) is 15.0. The highest BCUT2D eigenvalue weighted by atomic mass is 79.9. The van der Waals surface area contributed by atoms with E-state index in [2.05, 4.69) is 35.1 Å². The minimum absolute atomic E-state index is 0.0841. The standard InChI is InChI=1S/C14H20BrNO2/c1-9(2)10(3)16-14(17)11(4)18-13-7-5-12(15)6-8-13/h5-11H,1-4H3,(H,16,17). The number of nitrogens with one attached hydrogen (secondary N) is 1. The second-order valence-corrected chi connectivity index (χ2v) is 5.67. The third kappa shape index (κ3) is 4.69. The predicted octanol–water partition coefficient (Wildman–Crippen LogP) is 3.38. The van der Waals surface area contributed by atoms with E-state index < -0.39 is 6.10 Å². The van der Waals surface area contributed by atoms with Gasteiger partial charge in [-0.25, -0.2) is 0 Å². The number of hydrogen-bond acceptors (Lipinski definition) is 2. The molecule has 0 spiro atoms. The molecule has 1 rings (SSSR count). The van der Waals surface area contributed by atoms with Crippen LogP contribution in [0.1, 0.15) is 27.7 Å². The van der Waals surface area contributed by atoms with Gasteiger partial charge in [0.2, 0.25) is 0 Å². The first-order valence-electron chi connectivity index (χ1n) is 6.12. The summed E-state index contributed by atoms with van der Waals surface area (Å²) in [6, 6.07) is 7.58. The molecule has 100 valence electrons. The van der Waals surface area contributed by atoms with Crippen molar-refractivity contribution in [3.63, 3.8) is 0 Å². The van der Waals surface area contributed by atoms with Crippen molar-refractivity contribution in [2.45, 2.75) is 39.8 Å². The summed E-state index contributed by atoms with van der Waals surface area (Å²) in [6.45, 7) is 7.90. The van der Waals surface area contributed by atoms with Crippen molar-refractivity contribution in [3.8, 4) is 5.75 Å². The summed E-state index contributed by atoms with van der Waals surface area (Å²) >= 11 is 3.35. The number of halogens is 1. The van der Waals surface area contributed by atoms with Crippen LogP contribution in [0.3, 0.4) is 0 Å². The Labute approximate surface area is 117 Å². The van der Waals surface area contributed by atoms with E-state index >= 15 is 0 Å². The maximum atomic E-state index is 11.9. The molecule has 0 heterocycles. The zero-order valence-electron chi connectivity index (χ0n) is 11.2. The van der Waals surface area contributed by atoms with Gasteiger partial charge in [0.15, 0.2) is 6.10 Å². The molecule has 4 heteroatoms. The SMILES string of the molecule is CC(Oc1ccc(Br)cc1)C(=O)NC(C)C(C)C. The Morgan fingerprint density at radius 1 is 1.17 bits per heavy atom. The highest BCUT2D eigenvalue weighted by molar-refractivity contribution is 9.10. The van der Waals surface area contributed by atoms with Crippen LogP contribution in [0.5, 0.6) is 5.75 Å². The van der Waals surface area contributed by atoms with Gasteiger partial charge >= 0.3 is 0 Å². The van der Waals surface area contributed by atoms with Crippen molar-refractivity contribution < 1.29 is 9.53 Å². The molecule has 1 N–H and O–H groups in total. The Morgan fingerprint density at radius 2 is 1.72 bits per heavy atom. The molecule has 0 aliphatic carbocycles. The van der Waals surface area contributed by atoms with Gasteiger partial charge in [0.1, 0.15) is 5.75 Å². The Balaban J connectivity index is 2.52. The van der Waals surface area contributed by atoms with Crippen LogP contribution in [0.2, 0.25) is 0 Å². The van der Waals surface area contributed by atoms with Crippen molar-refractivity contribution in [2.75, 3.05) is 0 Å². The molecule has 2 atom stereocenters. The second-order valence-electron chi connectivity index (χ2n) is 4.76. The molecule has 2 unspecified atom stereocenters. The van der Waals surface area contributed by atoms with Crippen LogP contribution in [-0.4, -0.2) is 18.1 Å². The summed E-state index contributed by atoms with van der Waals surface area (Å²) in [5.74, 6) is 1.02. The van der Waals surface area contributed by atoms with E-state index in [-0.39, 0.29) is 11.9 Å². The van der Waals surface area contributed by atoms with Crippen LogP contribution < -0.4 is 10.1 Å². The number of ether oxygens (including phenoxy) is 1. The van der Waals surface area contributed by atoms with E-state index in [0.717, 1.165) is 4.47 Å². The fourth-order valence-electron chi connectivity index (χ4n) is 1.28. The number of hydrogen-bond donors (Lipinski definition) is 1. The molecule has 0 saturated carbocycles. The Hall–Kier alpha value is -1.03. The molecule has 0 aliphatic rings. The Kier molecular flexibility index (Phi) is 5.66. The fourth-order valence-corrected chi connectivity index (χ4v) is 1.54. The molecular formula is C14H20BrNO2. The van der Waals surface area contributed by atoms with Crippen LogP contribution in [-0.2, 0) is 4.79 Å². The maximum Gasteiger partial charge on any atom is 0.260 e. The molecular weight excluding hydrogens is 294 g/mol. The topological polar surface area (TPSA) is 38.3 Å². The van der Waals surface area contributed by atoms with Crippen molar-refractivity contribution in [3.05, 3.63) is 28.7 Å². The summed E-state index contributed by atoms with van der Waals surface area (Å²) in [6.07, 6.45) is -0.493. The molecule has 0 radical (unpaired) electrons. The van der Waals surface area contributed by atoms with Gasteiger partial charge in [0, 0.05) is 10.5 Å². The van der Waals surface area contributed by atoms with Gasteiger partial charge in [-0.1, -0.05) is 29.8 Å². The Morgan fingerprint density at radius 3 is 2.22 bits per heavy atom. The zero-order valence-corrected chi connectivity index (χ0v) is 12.8.